The number of anilines is 1. The highest BCUT2D eigenvalue weighted by Gasteiger charge is 2.13. The fourth-order valence-electron chi connectivity index (χ4n) is 1.52. The summed E-state index contributed by atoms with van der Waals surface area (Å²) < 4.78 is 0. The number of amides is 1. The summed E-state index contributed by atoms with van der Waals surface area (Å²) >= 11 is 1.57. The number of carbonyl (C=O) groups is 1. The zero-order chi connectivity index (χ0) is 12.4. The minimum absolute atomic E-state index is 0.0366. The smallest absolute Gasteiger partial charge is 0.258 e. The van der Waals surface area contributed by atoms with Gasteiger partial charge in [-0.25, -0.2) is 4.98 Å². The van der Waals surface area contributed by atoms with Crippen LogP contribution in [0.4, 0.5) is 5.82 Å². The molecule has 88 valence electrons. The van der Waals surface area contributed by atoms with Crippen molar-refractivity contribution in [2.45, 2.75) is 13.8 Å². The van der Waals surface area contributed by atoms with Gasteiger partial charge in [0.2, 0.25) is 0 Å². The van der Waals surface area contributed by atoms with E-state index in [9.17, 15) is 9.90 Å². The molecule has 0 saturated carbocycles. The average Bonchev–Trinajstić information content (AvgIpc) is 2.61. The van der Waals surface area contributed by atoms with Crippen molar-refractivity contribution in [2.24, 2.45) is 0 Å². The van der Waals surface area contributed by atoms with Crippen molar-refractivity contribution in [2.75, 3.05) is 5.32 Å². The Bertz CT molecular complexity index is 563. The van der Waals surface area contributed by atoms with E-state index in [4.69, 9.17) is 0 Å². The van der Waals surface area contributed by atoms with E-state index in [0.29, 0.717) is 5.56 Å². The summed E-state index contributed by atoms with van der Waals surface area (Å²) in [7, 11) is 0. The Labute approximate surface area is 103 Å². The van der Waals surface area contributed by atoms with Crippen LogP contribution >= 0.6 is 11.3 Å². The molecular formula is C12H12N2O2S. The first kappa shape index (κ1) is 11.6. The summed E-state index contributed by atoms with van der Waals surface area (Å²) in [6, 6.07) is 4.91. The van der Waals surface area contributed by atoms with Crippen LogP contribution in [0.1, 0.15) is 20.1 Å². The van der Waals surface area contributed by atoms with Crippen LogP contribution in [-0.4, -0.2) is 16.0 Å². The fourth-order valence-corrected chi connectivity index (χ4v) is 2.45. The summed E-state index contributed by atoms with van der Waals surface area (Å²) in [6.07, 6.45) is 1.51. The quantitative estimate of drug-likeness (QED) is 0.859. The molecule has 0 saturated heterocycles. The molecule has 2 N–H and O–H groups in total. The van der Waals surface area contributed by atoms with Crippen LogP contribution in [-0.2, 0) is 0 Å². The summed E-state index contributed by atoms with van der Waals surface area (Å²) in [5, 5.41) is 12.1. The Morgan fingerprint density at radius 1 is 1.47 bits per heavy atom. The third-order valence-electron chi connectivity index (χ3n) is 2.30. The second kappa shape index (κ2) is 4.55. The number of aryl methyl sites for hydroxylation is 2. The SMILES string of the molecule is Cc1cc(C(=O)Nc2ncccc2O)c(C)s1. The van der Waals surface area contributed by atoms with Crippen molar-refractivity contribution >= 4 is 23.1 Å². The van der Waals surface area contributed by atoms with Gasteiger partial charge in [-0.15, -0.1) is 11.3 Å². The predicted molar refractivity (Wildman–Crippen MR) is 67.6 cm³/mol. The number of carbonyl (C=O) groups excluding carboxylic acids is 1. The molecule has 0 bridgehead atoms. The maximum atomic E-state index is 11.9. The molecule has 17 heavy (non-hydrogen) atoms. The molecule has 0 spiro atoms. The van der Waals surface area contributed by atoms with Crippen molar-refractivity contribution in [1.29, 1.82) is 0 Å². The molecule has 2 aromatic rings. The van der Waals surface area contributed by atoms with E-state index in [-0.39, 0.29) is 17.5 Å². The highest BCUT2D eigenvalue weighted by atomic mass is 32.1. The van der Waals surface area contributed by atoms with Crippen LogP contribution in [0.25, 0.3) is 0 Å². The minimum Gasteiger partial charge on any atom is -0.504 e. The first-order valence-electron chi connectivity index (χ1n) is 5.10. The zero-order valence-corrected chi connectivity index (χ0v) is 10.3. The molecule has 2 rings (SSSR count). The van der Waals surface area contributed by atoms with Crippen LogP contribution in [0, 0.1) is 13.8 Å². The lowest BCUT2D eigenvalue weighted by atomic mass is 10.2. The van der Waals surface area contributed by atoms with Gasteiger partial charge in [-0.05, 0) is 32.0 Å². The molecule has 2 aromatic heterocycles. The monoisotopic (exact) mass is 248 g/mol. The molecule has 1 amide bonds. The van der Waals surface area contributed by atoms with E-state index >= 15 is 0 Å². The summed E-state index contributed by atoms with van der Waals surface area (Å²) in [5.41, 5.74) is 0.623. The lowest BCUT2D eigenvalue weighted by Gasteiger charge is -2.05. The van der Waals surface area contributed by atoms with Crippen LogP contribution in [0.3, 0.4) is 0 Å². The number of thiophene rings is 1. The van der Waals surface area contributed by atoms with Crippen LogP contribution in [0.2, 0.25) is 0 Å². The van der Waals surface area contributed by atoms with Gasteiger partial charge < -0.3 is 10.4 Å². The Morgan fingerprint density at radius 3 is 2.82 bits per heavy atom. The normalized spacial score (nSPS) is 10.2. The van der Waals surface area contributed by atoms with Gasteiger partial charge >= 0.3 is 0 Å². The third-order valence-corrected chi connectivity index (χ3v) is 3.27. The van der Waals surface area contributed by atoms with E-state index in [2.05, 4.69) is 10.3 Å². The number of rotatable bonds is 2. The number of nitrogens with zero attached hydrogens (tertiary/aromatic N) is 1. The molecule has 0 fully saturated rings. The van der Waals surface area contributed by atoms with Crippen molar-refractivity contribution < 1.29 is 9.90 Å². The van der Waals surface area contributed by atoms with Gasteiger partial charge in [0, 0.05) is 16.0 Å². The first-order chi connectivity index (χ1) is 8.08. The molecule has 2 heterocycles. The van der Waals surface area contributed by atoms with Gasteiger partial charge in [0.1, 0.15) is 0 Å². The largest absolute Gasteiger partial charge is 0.504 e. The summed E-state index contributed by atoms with van der Waals surface area (Å²) in [6.45, 7) is 3.84. The first-order valence-corrected chi connectivity index (χ1v) is 5.92. The predicted octanol–water partition coefficient (Wildman–Crippen LogP) is 2.72. The number of hydrogen-bond donors (Lipinski definition) is 2. The maximum Gasteiger partial charge on any atom is 0.258 e. The number of nitrogens with one attached hydrogen (secondary N) is 1. The van der Waals surface area contributed by atoms with Gasteiger partial charge in [0.05, 0.1) is 5.56 Å². The van der Waals surface area contributed by atoms with Crippen LogP contribution in [0.15, 0.2) is 24.4 Å². The number of hydrogen-bond acceptors (Lipinski definition) is 4. The van der Waals surface area contributed by atoms with Gasteiger partial charge in [0.25, 0.3) is 5.91 Å². The van der Waals surface area contributed by atoms with Crippen LogP contribution in [0.5, 0.6) is 5.75 Å². The number of pyridine rings is 1. The standard InChI is InChI=1S/C12H12N2O2S/c1-7-6-9(8(2)17-7)12(16)14-11-10(15)4-3-5-13-11/h3-6,15H,1-2H3,(H,13,14,16). The Balaban J connectivity index is 2.23. The van der Waals surface area contributed by atoms with Gasteiger partial charge in [0.15, 0.2) is 11.6 Å². The Morgan fingerprint density at radius 2 is 2.24 bits per heavy atom. The summed E-state index contributed by atoms with van der Waals surface area (Å²) in [5.74, 6) is -0.105. The Hall–Kier alpha value is -1.88. The topological polar surface area (TPSA) is 62.2 Å². The Kier molecular flexibility index (Phi) is 3.10. The molecule has 0 radical (unpaired) electrons. The van der Waals surface area contributed by atoms with Gasteiger partial charge in [-0.1, -0.05) is 0 Å². The van der Waals surface area contributed by atoms with Crippen molar-refractivity contribution in [1.82, 2.24) is 4.98 Å². The fraction of sp³-hybridized carbons (Fsp3) is 0.167. The average molecular weight is 248 g/mol. The minimum atomic E-state index is -0.249. The molecule has 4 nitrogen and oxygen atoms in total. The molecule has 5 heteroatoms. The third kappa shape index (κ3) is 2.45. The maximum absolute atomic E-state index is 11.9. The molecule has 0 aromatic carbocycles. The number of aromatic hydroxyl groups is 1. The van der Waals surface area contributed by atoms with Gasteiger partial charge in [-0.3, -0.25) is 4.79 Å². The molecule has 0 atom stereocenters. The lowest BCUT2D eigenvalue weighted by Crippen LogP contribution is -2.13. The van der Waals surface area contributed by atoms with E-state index in [1.165, 1.54) is 12.3 Å². The van der Waals surface area contributed by atoms with E-state index in [0.717, 1.165) is 9.75 Å². The van der Waals surface area contributed by atoms with Crippen molar-refractivity contribution in [3.63, 3.8) is 0 Å². The summed E-state index contributed by atoms with van der Waals surface area (Å²) in [4.78, 5) is 17.9. The molecule has 0 unspecified atom stereocenters. The lowest BCUT2D eigenvalue weighted by molar-refractivity contribution is 0.102. The van der Waals surface area contributed by atoms with Crippen molar-refractivity contribution in [3.05, 3.63) is 39.7 Å². The zero-order valence-electron chi connectivity index (χ0n) is 9.52. The molecule has 0 aliphatic rings. The highest BCUT2D eigenvalue weighted by molar-refractivity contribution is 7.12. The second-order valence-electron chi connectivity index (χ2n) is 3.65. The van der Waals surface area contributed by atoms with E-state index < -0.39 is 0 Å². The van der Waals surface area contributed by atoms with Crippen molar-refractivity contribution in [3.8, 4) is 5.75 Å². The molecule has 0 aliphatic carbocycles. The van der Waals surface area contributed by atoms with Crippen LogP contribution < -0.4 is 5.32 Å². The van der Waals surface area contributed by atoms with E-state index in [1.807, 2.05) is 19.9 Å². The highest BCUT2D eigenvalue weighted by Crippen LogP contribution is 2.23. The molecular weight excluding hydrogens is 236 g/mol. The van der Waals surface area contributed by atoms with Gasteiger partial charge in [-0.2, -0.15) is 0 Å². The molecule has 0 aliphatic heterocycles. The number of aromatic nitrogens is 1. The van der Waals surface area contributed by atoms with E-state index in [1.54, 1.807) is 17.4 Å². The second-order valence-corrected chi connectivity index (χ2v) is 5.11.